The number of hydrogen-bond acceptors (Lipinski definition) is 5. The van der Waals surface area contributed by atoms with Gasteiger partial charge in [0, 0.05) is 12.4 Å². The molecule has 0 radical (unpaired) electrons. The monoisotopic (exact) mass is 237 g/mol. The molecule has 1 unspecified atom stereocenters. The number of carbonyl (C=O) groups excluding carboxylic acids is 2. The van der Waals surface area contributed by atoms with Crippen molar-refractivity contribution in [3.63, 3.8) is 0 Å². The van der Waals surface area contributed by atoms with Crippen LogP contribution in [-0.4, -0.2) is 27.9 Å². The highest BCUT2D eigenvalue weighted by Gasteiger charge is 2.21. The SMILES string of the molecule is CC(C)(C)OC(=O)NC(C=O)c1ncccn1. The third-order valence-electron chi connectivity index (χ3n) is 1.67. The van der Waals surface area contributed by atoms with E-state index in [0.29, 0.717) is 6.29 Å². The lowest BCUT2D eigenvalue weighted by Crippen LogP contribution is -2.36. The molecule has 0 spiro atoms. The number of nitrogens with zero attached hydrogens (tertiary/aromatic N) is 2. The summed E-state index contributed by atoms with van der Waals surface area (Å²) in [5.41, 5.74) is -0.616. The second-order valence-electron chi connectivity index (χ2n) is 4.37. The minimum atomic E-state index is -0.897. The first-order valence-corrected chi connectivity index (χ1v) is 5.14. The maximum absolute atomic E-state index is 11.5. The number of carbonyl (C=O) groups is 2. The van der Waals surface area contributed by atoms with Gasteiger partial charge in [0.05, 0.1) is 0 Å². The molecule has 0 aliphatic carbocycles. The van der Waals surface area contributed by atoms with Crippen LogP contribution >= 0.6 is 0 Å². The summed E-state index contributed by atoms with van der Waals surface area (Å²) >= 11 is 0. The average Bonchev–Trinajstić information content (AvgIpc) is 2.24. The highest BCUT2D eigenvalue weighted by Crippen LogP contribution is 2.09. The van der Waals surface area contributed by atoms with Gasteiger partial charge in [-0.2, -0.15) is 0 Å². The van der Waals surface area contributed by atoms with Gasteiger partial charge < -0.3 is 14.8 Å². The van der Waals surface area contributed by atoms with Crippen LogP contribution in [0.2, 0.25) is 0 Å². The zero-order chi connectivity index (χ0) is 12.9. The van der Waals surface area contributed by atoms with E-state index in [1.54, 1.807) is 26.8 Å². The van der Waals surface area contributed by atoms with Gasteiger partial charge in [-0.15, -0.1) is 0 Å². The first-order valence-electron chi connectivity index (χ1n) is 5.14. The maximum atomic E-state index is 11.5. The Balaban J connectivity index is 2.66. The Morgan fingerprint density at radius 1 is 1.41 bits per heavy atom. The zero-order valence-electron chi connectivity index (χ0n) is 10.0. The van der Waals surface area contributed by atoms with Gasteiger partial charge in [-0.1, -0.05) is 0 Å². The van der Waals surface area contributed by atoms with Gasteiger partial charge in [0.15, 0.2) is 5.82 Å². The molecule has 1 aromatic rings. The van der Waals surface area contributed by atoms with E-state index in [9.17, 15) is 9.59 Å². The predicted octanol–water partition coefficient (Wildman–Crippen LogP) is 1.24. The molecule has 17 heavy (non-hydrogen) atoms. The van der Waals surface area contributed by atoms with Crippen molar-refractivity contribution in [1.82, 2.24) is 15.3 Å². The normalized spacial score (nSPS) is 12.6. The van der Waals surface area contributed by atoms with Crippen molar-refractivity contribution in [2.75, 3.05) is 0 Å². The van der Waals surface area contributed by atoms with E-state index in [0.717, 1.165) is 0 Å². The highest BCUT2D eigenvalue weighted by molar-refractivity contribution is 5.73. The summed E-state index contributed by atoms with van der Waals surface area (Å²) in [7, 11) is 0. The molecular formula is C11H15N3O3. The first kappa shape index (κ1) is 13.1. The van der Waals surface area contributed by atoms with Crippen molar-refractivity contribution in [3.8, 4) is 0 Å². The molecule has 1 aromatic heterocycles. The van der Waals surface area contributed by atoms with E-state index >= 15 is 0 Å². The molecule has 6 heteroatoms. The van der Waals surface area contributed by atoms with Crippen LogP contribution in [0.1, 0.15) is 32.6 Å². The van der Waals surface area contributed by atoms with Gasteiger partial charge in [0.2, 0.25) is 0 Å². The maximum Gasteiger partial charge on any atom is 0.408 e. The van der Waals surface area contributed by atoms with Gasteiger partial charge in [0.1, 0.15) is 17.9 Å². The van der Waals surface area contributed by atoms with E-state index < -0.39 is 17.7 Å². The lowest BCUT2D eigenvalue weighted by Gasteiger charge is -2.21. The molecule has 0 aliphatic rings. The summed E-state index contributed by atoms with van der Waals surface area (Å²) in [6.45, 7) is 5.21. The Morgan fingerprint density at radius 2 is 2.00 bits per heavy atom. The molecule has 0 aliphatic heterocycles. The lowest BCUT2D eigenvalue weighted by atomic mass is 10.2. The molecule has 1 atom stereocenters. The van der Waals surface area contributed by atoms with Gasteiger partial charge in [-0.3, -0.25) is 0 Å². The largest absolute Gasteiger partial charge is 0.444 e. The minimum Gasteiger partial charge on any atom is -0.444 e. The fourth-order valence-corrected chi connectivity index (χ4v) is 1.07. The fourth-order valence-electron chi connectivity index (χ4n) is 1.07. The Hall–Kier alpha value is -1.98. The molecule has 1 N–H and O–H groups in total. The number of alkyl carbamates (subject to hydrolysis) is 1. The number of amides is 1. The van der Waals surface area contributed by atoms with Crippen LogP contribution < -0.4 is 5.32 Å². The minimum absolute atomic E-state index is 0.230. The van der Waals surface area contributed by atoms with E-state index in [4.69, 9.17) is 4.74 Å². The third kappa shape index (κ3) is 4.58. The van der Waals surface area contributed by atoms with E-state index in [-0.39, 0.29) is 5.82 Å². The Kier molecular flexibility index (Phi) is 4.14. The van der Waals surface area contributed by atoms with Crippen LogP contribution in [-0.2, 0) is 9.53 Å². The second-order valence-corrected chi connectivity index (χ2v) is 4.37. The average molecular weight is 237 g/mol. The van der Waals surface area contributed by atoms with Gasteiger partial charge in [-0.05, 0) is 26.8 Å². The fraction of sp³-hybridized carbons (Fsp3) is 0.455. The number of hydrogen-bond donors (Lipinski definition) is 1. The van der Waals surface area contributed by atoms with Crippen molar-refractivity contribution in [1.29, 1.82) is 0 Å². The van der Waals surface area contributed by atoms with E-state index in [1.807, 2.05) is 0 Å². The molecule has 6 nitrogen and oxygen atoms in total. The Bertz CT molecular complexity index is 387. The van der Waals surface area contributed by atoms with Gasteiger partial charge in [-0.25, -0.2) is 14.8 Å². The molecule has 1 heterocycles. The topological polar surface area (TPSA) is 81.2 Å². The van der Waals surface area contributed by atoms with Gasteiger partial charge >= 0.3 is 6.09 Å². The lowest BCUT2D eigenvalue weighted by molar-refractivity contribution is -0.109. The number of rotatable bonds is 3. The third-order valence-corrected chi connectivity index (χ3v) is 1.67. The first-order chi connectivity index (χ1) is 7.92. The molecule has 0 fully saturated rings. The Morgan fingerprint density at radius 3 is 2.47 bits per heavy atom. The van der Waals surface area contributed by atoms with Crippen molar-refractivity contribution in [2.45, 2.75) is 32.4 Å². The molecule has 0 aromatic carbocycles. The molecule has 92 valence electrons. The Labute approximate surface area is 99.4 Å². The summed E-state index contributed by atoms with van der Waals surface area (Å²) < 4.78 is 5.03. The molecule has 0 saturated heterocycles. The number of aromatic nitrogens is 2. The van der Waals surface area contributed by atoms with Gasteiger partial charge in [0.25, 0.3) is 0 Å². The summed E-state index contributed by atoms with van der Waals surface area (Å²) in [4.78, 5) is 30.1. The van der Waals surface area contributed by atoms with Crippen molar-refractivity contribution >= 4 is 12.4 Å². The van der Waals surface area contributed by atoms with Crippen molar-refractivity contribution in [3.05, 3.63) is 24.3 Å². The van der Waals surface area contributed by atoms with Crippen LogP contribution in [0.25, 0.3) is 0 Å². The number of ether oxygens (including phenoxy) is 1. The summed E-state index contributed by atoms with van der Waals surface area (Å²) in [6, 6.07) is 0.727. The van der Waals surface area contributed by atoms with Crippen LogP contribution in [0.15, 0.2) is 18.5 Å². The van der Waals surface area contributed by atoms with E-state index in [2.05, 4.69) is 15.3 Å². The predicted molar refractivity (Wildman–Crippen MR) is 60.2 cm³/mol. The standard InChI is InChI=1S/C11H15N3O3/c1-11(2,3)17-10(16)14-8(7-15)9-12-5-4-6-13-9/h4-8H,1-3H3,(H,14,16). The molecular weight excluding hydrogens is 222 g/mol. The molecule has 0 saturated carbocycles. The van der Waals surface area contributed by atoms with Crippen molar-refractivity contribution < 1.29 is 14.3 Å². The number of aldehydes is 1. The highest BCUT2D eigenvalue weighted by atomic mass is 16.6. The second kappa shape index (κ2) is 5.38. The van der Waals surface area contributed by atoms with Crippen LogP contribution in [0, 0.1) is 0 Å². The summed E-state index contributed by atoms with van der Waals surface area (Å²) in [6.07, 6.45) is 2.87. The number of nitrogens with one attached hydrogen (secondary N) is 1. The zero-order valence-corrected chi connectivity index (χ0v) is 10.0. The summed E-state index contributed by atoms with van der Waals surface area (Å²) in [5, 5.41) is 2.39. The van der Waals surface area contributed by atoms with Crippen LogP contribution in [0.4, 0.5) is 4.79 Å². The smallest absolute Gasteiger partial charge is 0.408 e. The van der Waals surface area contributed by atoms with E-state index in [1.165, 1.54) is 12.4 Å². The quantitative estimate of drug-likeness (QED) is 0.800. The molecule has 1 amide bonds. The van der Waals surface area contributed by atoms with Crippen molar-refractivity contribution in [2.24, 2.45) is 0 Å². The molecule has 0 bridgehead atoms. The summed E-state index contributed by atoms with van der Waals surface area (Å²) in [5.74, 6) is 0.230. The molecule has 1 rings (SSSR count). The van der Waals surface area contributed by atoms with Crippen LogP contribution in [0.5, 0.6) is 0 Å². The van der Waals surface area contributed by atoms with Crippen LogP contribution in [0.3, 0.4) is 0 Å².